The van der Waals surface area contributed by atoms with E-state index in [9.17, 15) is 13.2 Å². The molecule has 0 aliphatic rings. The molecule has 0 atom stereocenters. The van der Waals surface area contributed by atoms with Crippen molar-refractivity contribution in [3.05, 3.63) is 30.2 Å². The summed E-state index contributed by atoms with van der Waals surface area (Å²) in [4.78, 5) is 13.3. The number of alkyl halides is 3. The molecule has 0 saturated carbocycles. The summed E-state index contributed by atoms with van der Waals surface area (Å²) >= 11 is 3.06. The van der Waals surface area contributed by atoms with Crippen LogP contribution in [0.25, 0.3) is 22.6 Å². The average molecular weight is 399 g/mol. The first kappa shape index (κ1) is 18.8. The molecular weight excluding hydrogens is 383 g/mol. The smallest absolute Gasteiger partial charge is 0.329 e. The van der Waals surface area contributed by atoms with E-state index in [4.69, 9.17) is 0 Å². The molecule has 0 aliphatic heterocycles. The van der Waals surface area contributed by atoms with Crippen molar-refractivity contribution in [3.63, 3.8) is 0 Å². The van der Waals surface area contributed by atoms with Crippen LogP contribution >= 0.6 is 23.7 Å². The zero-order valence-corrected chi connectivity index (χ0v) is 15.9. The molecule has 5 nitrogen and oxygen atoms in total. The number of hydrogen-bond acceptors (Lipinski definition) is 6. The quantitative estimate of drug-likeness (QED) is 0.489. The summed E-state index contributed by atoms with van der Waals surface area (Å²) < 4.78 is 43.6. The molecule has 0 radical (unpaired) electrons. The molecule has 3 heterocycles. The fourth-order valence-electron chi connectivity index (χ4n) is 2.51. The van der Waals surface area contributed by atoms with Crippen LogP contribution < -0.4 is 4.72 Å². The predicted octanol–water partition coefficient (Wildman–Crippen LogP) is 4.85. The van der Waals surface area contributed by atoms with Crippen LogP contribution in [0.15, 0.2) is 29.4 Å². The van der Waals surface area contributed by atoms with Gasteiger partial charge >= 0.3 is 6.18 Å². The first-order valence-electron chi connectivity index (χ1n) is 7.67. The molecule has 3 rings (SSSR count). The topological polar surface area (TPSA) is 55.6 Å². The molecule has 138 valence electrons. The Hall–Kier alpha value is -1.94. The van der Waals surface area contributed by atoms with E-state index < -0.39 is 11.9 Å². The highest BCUT2D eigenvalue weighted by molar-refractivity contribution is 8.00. The predicted molar refractivity (Wildman–Crippen MR) is 100 cm³/mol. The highest BCUT2D eigenvalue weighted by Gasteiger charge is 2.33. The minimum Gasteiger partial charge on any atom is -0.329 e. The third-order valence-corrected chi connectivity index (χ3v) is 4.99. The molecule has 0 bridgehead atoms. The maximum absolute atomic E-state index is 12.9. The lowest BCUT2D eigenvalue weighted by atomic mass is 10.3. The first-order chi connectivity index (χ1) is 12.3. The summed E-state index contributed by atoms with van der Waals surface area (Å²) in [5.41, 5.74) is 1.30. The number of halogens is 3. The van der Waals surface area contributed by atoms with Crippen LogP contribution in [0.4, 0.5) is 18.9 Å². The number of fused-ring (bicyclic) bond motifs is 1. The minimum absolute atomic E-state index is 0.241. The number of nitrogens with zero attached hydrogens (tertiary/aromatic N) is 4. The van der Waals surface area contributed by atoms with E-state index in [-0.39, 0.29) is 5.52 Å². The number of nitrogens with one attached hydrogen (secondary N) is 1. The average Bonchev–Trinajstić information content (AvgIpc) is 2.91. The van der Waals surface area contributed by atoms with Gasteiger partial charge in [0.05, 0.1) is 29.1 Å². The van der Waals surface area contributed by atoms with Gasteiger partial charge in [0.25, 0.3) is 0 Å². The molecule has 0 amide bonds. The Morgan fingerprint density at radius 1 is 1.19 bits per heavy atom. The maximum Gasteiger partial charge on any atom is 0.433 e. The van der Waals surface area contributed by atoms with Gasteiger partial charge in [-0.25, -0.2) is 15.0 Å². The number of hydrogen-bond donors (Lipinski definition) is 1. The van der Waals surface area contributed by atoms with Gasteiger partial charge in [0.2, 0.25) is 0 Å². The summed E-state index contributed by atoms with van der Waals surface area (Å²) in [7, 11) is 1.75. The van der Waals surface area contributed by atoms with Crippen LogP contribution in [-0.2, 0) is 13.2 Å². The summed E-state index contributed by atoms with van der Waals surface area (Å²) in [6.07, 6.45) is 0.297. The number of rotatable bonds is 5. The number of aromatic nitrogens is 4. The normalized spacial score (nSPS) is 11.9. The van der Waals surface area contributed by atoms with Crippen molar-refractivity contribution in [2.45, 2.75) is 18.0 Å². The molecular formula is C16H16F3N5S2. The Morgan fingerprint density at radius 3 is 2.62 bits per heavy atom. The van der Waals surface area contributed by atoms with Gasteiger partial charge in [0, 0.05) is 18.2 Å². The molecule has 0 unspecified atom stereocenters. The van der Waals surface area contributed by atoms with Gasteiger partial charge in [-0.3, -0.25) is 0 Å². The Balaban J connectivity index is 2.14. The molecule has 3 aromatic rings. The van der Waals surface area contributed by atoms with E-state index >= 15 is 0 Å². The minimum atomic E-state index is -4.50. The van der Waals surface area contributed by atoms with Crippen molar-refractivity contribution in [2.75, 3.05) is 16.7 Å². The van der Waals surface area contributed by atoms with Gasteiger partial charge in [-0.05, 0) is 17.9 Å². The number of imidazole rings is 1. The number of thioether (sulfide) groups is 1. The monoisotopic (exact) mass is 399 g/mol. The first-order valence-corrected chi connectivity index (χ1v) is 9.88. The molecule has 1 N–H and O–H groups in total. The molecule has 0 aliphatic carbocycles. The third-order valence-electron chi connectivity index (χ3n) is 3.64. The van der Waals surface area contributed by atoms with Gasteiger partial charge in [-0.1, -0.05) is 18.9 Å². The van der Waals surface area contributed by atoms with E-state index in [1.165, 1.54) is 18.1 Å². The second-order valence-corrected chi connectivity index (χ2v) is 7.28. The van der Waals surface area contributed by atoms with Gasteiger partial charge < -0.3 is 9.29 Å². The molecule has 10 heteroatoms. The lowest BCUT2D eigenvalue weighted by molar-refractivity contribution is -0.141. The summed E-state index contributed by atoms with van der Waals surface area (Å²) in [5.74, 6) is 1.34. The van der Waals surface area contributed by atoms with Crippen LogP contribution in [0.3, 0.4) is 0 Å². The number of aryl methyl sites for hydroxylation is 1. The Kier molecular flexibility index (Phi) is 5.33. The fraction of sp³-hybridized carbons (Fsp3) is 0.312. The molecule has 0 aromatic carbocycles. The fourth-order valence-corrected chi connectivity index (χ4v) is 3.66. The van der Waals surface area contributed by atoms with Crippen molar-refractivity contribution >= 4 is 40.4 Å². The van der Waals surface area contributed by atoms with Crippen LogP contribution in [0.5, 0.6) is 0 Å². The molecule has 0 spiro atoms. The highest BCUT2D eigenvalue weighted by Crippen LogP contribution is 2.34. The van der Waals surface area contributed by atoms with E-state index in [2.05, 4.69) is 19.7 Å². The molecule has 26 heavy (non-hydrogen) atoms. The van der Waals surface area contributed by atoms with Crippen molar-refractivity contribution in [1.29, 1.82) is 0 Å². The largest absolute Gasteiger partial charge is 0.433 e. The van der Waals surface area contributed by atoms with E-state index in [1.54, 1.807) is 29.6 Å². The standard InChI is InChI=1S/C16H16F3N5S2/c1-4-26-12-5-9(23-25-3)7-21-14(12)15-22-10-6-13(16(17,18)19)20-8-11(10)24(15)2/h5-8,23H,4H2,1-3H3. The van der Waals surface area contributed by atoms with Crippen molar-refractivity contribution in [1.82, 2.24) is 19.5 Å². The third kappa shape index (κ3) is 3.61. The second kappa shape index (κ2) is 7.36. The summed E-state index contributed by atoms with van der Waals surface area (Å²) in [5, 5.41) is 0. The van der Waals surface area contributed by atoms with Crippen molar-refractivity contribution in [2.24, 2.45) is 7.05 Å². The number of pyridine rings is 2. The van der Waals surface area contributed by atoms with Crippen LogP contribution in [0.1, 0.15) is 12.6 Å². The zero-order valence-electron chi connectivity index (χ0n) is 14.3. The van der Waals surface area contributed by atoms with Crippen LogP contribution in [0, 0.1) is 0 Å². The molecule has 0 saturated heterocycles. The van der Waals surface area contributed by atoms with Crippen LogP contribution in [-0.4, -0.2) is 31.5 Å². The second-order valence-electron chi connectivity index (χ2n) is 5.36. The van der Waals surface area contributed by atoms with Gasteiger partial charge in [-0.2, -0.15) is 13.2 Å². The van der Waals surface area contributed by atoms with Crippen LogP contribution in [0.2, 0.25) is 0 Å². The Labute approximate surface area is 157 Å². The maximum atomic E-state index is 12.9. The SMILES string of the molecule is CCSc1cc(NSC)cnc1-c1nc2cc(C(F)(F)F)ncc2n1C. The number of anilines is 1. The highest BCUT2D eigenvalue weighted by atomic mass is 32.2. The van der Waals surface area contributed by atoms with Gasteiger partial charge in [0.15, 0.2) is 5.82 Å². The van der Waals surface area contributed by atoms with Gasteiger partial charge in [-0.15, -0.1) is 11.8 Å². The lowest BCUT2D eigenvalue weighted by Crippen LogP contribution is -2.07. The van der Waals surface area contributed by atoms with E-state index in [0.717, 1.165) is 22.4 Å². The van der Waals surface area contributed by atoms with E-state index in [1.807, 2.05) is 19.2 Å². The Bertz CT molecular complexity index is 940. The van der Waals surface area contributed by atoms with E-state index in [0.29, 0.717) is 17.0 Å². The molecule has 3 aromatic heterocycles. The van der Waals surface area contributed by atoms with Crippen molar-refractivity contribution < 1.29 is 13.2 Å². The molecule has 0 fully saturated rings. The summed E-state index contributed by atoms with van der Waals surface area (Å²) in [6.45, 7) is 2.03. The van der Waals surface area contributed by atoms with Gasteiger partial charge in [0.1, 0.15) is 11.4 Å². The lowest BCUT2D eigenvalue weighted by Gasteiger charge is -2.10. The van der Waals surface area contributed by atoms with Crippen molar-refractivity contribution in [3.8, 4) is 11.5 Å². The Morgan fingerprint density at radius 2 is 1.96 bits per heavy atom. The summed E-state index contributed by atoms with van der Waals surface area (Å²) in [6, 6.07) is 2.93. The zero-order chi connectivity index (χ0) is 18.9.